The van der Waals surface area contributed by atoms with Crippen molar-refractivity contribution in [3.8, 4) is 5.69 Å². The summed E-state index contributed by atoms with van der Waals surface area (Å²) in [6, 6.07) is 8.90. The zero-order chi connectivity index (χ0) is 19.1. The topological polar surface area (TPSA) is 96.1 Å². The van der Waals surface area contributed by atoms with Gasteiger partial charge in [0, 0.05) is 18.2 Å². The number of aromatic nitrogens is 3. The van der Waals surface area contributed by atoms with Gasteiger partial charge in [-0.2, -0.15) is 5.10 Å². The molecule has 3 heterocycles. The highest BCUT2D eigenvalue weighted by Gasteiger charge is 2.19. The number of nitrogens with zero attached hydrogens (tertiary/aromatic N) is 4. The number of nitro benzene ring substituents is 1. The fraction of sp³-hybridized carbons (Fsp3) is 0.0588. The fourth-order valence-electron chi connectivity index (χ4n) is 2.83. The Balaban J connectivity index is 1.90. The molecule has 0 aliphatic carbocycles. The predicted octanol–water partition coefficient (Wildman–Crippen LogP) is 4.04. The second-order valence-corrected chi connectivity index (χ2v) is 6.49. The van der Waals surface area contributed by atoms with Crippen LogP contribution in [0.4, 0.5) is 5.69 Å². The minimum absolute atomic E-state index is 0.0722. The van der Waals surface area contributed by atoms with E-state index in [9.17, 15) is 14.9 Å². The van der Waals surface area contributed by atoms with Crippen LogP contribution in [0.5, 0.6) is 0 Å². The van der Waals surface area contributed by atoms with Crippen LogP contribution in [0.25, 0.3) is 16.7 Å². The van der Waals surface area contributed by atoms with E-state index in [1.54, 1.807) is 18.2 Å². The molecule has 0 spiro atoms. The molecule has 136 valence electrons. The molecular weight excluding hydrogens is 395 g/mol. The number of nitro groups is 1. The van der Waals surface area contributed by atoms with Gasteiger partial charge in [-0.3, -0.25) is 19.5 Å². The summed E-state index contributed by atoms with van der Waals surface area (Å²) in [6.45, 7) is 0.233. The van der Waals surface area contributed by atoms with Crippen LogP contribution >= 0.6 is 23.2 Å². The van der Waals surface area contributed by atoms with Gasteiger partial charge in [0.25, 0.3) is 11.2 Å². The van der Waals surface area contributed by atoms with Gasteiger partial charge in [0.15, 0.2) is 0 Å². The number of fused-ring (bicyclic) bond motifs is 1. The van der Waals surface area contributed by atoms with Crippen molar-refractivity contribution in [2.75, 3.05) is 0 Å². The monoisotopic (exact) mass is 404 g/mol. The Kier molecular flexibility index (Phi) is 4.21. The Bertz CT molecular complexity index is 1200. The normalized spacial score (nSPS) is 11.2. The van der Waals surface area contributed by atoms with Crippen molar-refractivity contribution < 1.29 is 9.34 Å². The second-order valence-electron chi connectivity index (χ2n) is 5.68. The van der Waals surface area contributed by atoms with Crippen LogP contribution in [-0.2, 0) is 6.54 Å². The van der Waals surface area contributed by atoms with Gasteiger partial charge in [-0.05, 0) is 18.2 Å². The molecule has 0 saturated carbocycles. The van der Waals surface area contributed by atoms with Crippen molar-refractivity contribution in [3.63, 3.8) is 0 Å². The predicted molar refractivity (Wildman–Crippen MR) is 99.8 cm³/mol. The van der Waals surface area contributed by atoms with Crippen molar-refractivity contribution in [3.05, 3.63) is 85.1 Å². The molecule has 0 bridgehead atoms. The number of non-ortho nitro benzene ring substituents is 1. The van der Waals surface area contributed by atoms with E-state index in [-0.39, 0.29) is 27.8 Å². The third-order valence-corrected chi connectivity index (χ3v) is 4.62. The standard InChI is InChI=1S/C17H10Cl2N4O4/c18-12-6-10(23(25)26)7-13(19)17(12)22-14-3-4-16(24)21(15(14)8-20-22)9-11-2-1-5-27-11/h1-8H,9H2. The Morgan fingerprint density at radius 3 is 2.52 bits per heavy atom. The number of furan rings is 1. The summed E-state index contributed by atoms with van der Waals surface area (Å²) in [6.07, 6.45) is 3.04. The molecule has 0 unspecified atom stereocenters. The maximum Gasteiger partial charge on any atom is 0.272 e. The quantitative estimate of drug-likeness (QED) is 0.377. The summed E-state index contributed by atoms with van der Waals surface area (Å²) in [5.41, 5.74) is 0.963. The average Bonchev–Trinajstić information content (AvgIpc) is 3.27. The van der Waals surface area contributed by atoms with Crippen LogP contribution < -0.4 is 5.56 Å². The maximum atomic E-state index is 12.3. The molecule has 4 aromatic rings. The number of benzene rings is 1. The Hall–Kier alpha value is -3.10. The third-order valence-electron chi connectivity index (χ3n) is 4.05. The largest absolute Gasteiger partial charge is 0.467 e. The van der Waals surface area contributed by atoms with Crippen LogP contribution in [0.2, 0.25) is 10.0 Å². The highest BCUT2D eigenvalue weighted by molar-refractivity contribution is 6.38. The van der Waals surface area contributed by atoms with Gasteiger partial charge < -0.3 is 4.42 Å². The highest BCUT2D eigenvalue weighted by atomic mass is 35.5. The summed E-state index contributed by atoms with van der Waals surface area (Å²) in [5.74, 6) is 0.615. The summed E-state index contributed by atoms with van der Waals surface area (Å²) in [4.78, 5) is 22.7. The number of hydrogen-bond donors (Lipinski definition) is 0. The molecule has 0 radical (unpaired) electrons. The van der Waals surface area contributed by atoms with Gasteiger partial charge >= 0.3 is 0 Å². The van der Waals surface area contributed by atoms with Crippen LogP contribution in [0.15, 0.2) is 58.1 Å². The molecule has 1 aromatic carbocycles. The number of rotatable bonds is 4. The molecule has 0 N–H and O–H groups in total. The molecule has 4 rings (SSSR count). The minimum Gasteiger partial charge on any atom is -0.467 e. The molecule has 0 aliphatic rings. The van der Waals surface area contributed by atoms with Crippen LogP contribution in [0, 0.1) is 10.1 Å². The lowest BCUT2D eigenvalue weighted by atomic mass is 10.2. The molecule has 8 nitrogen and oxygen atoms in total. The zero-order valence-electron chi connectivity index (χ0n) is 13.5. The third kappa shape index (κ3) is 2.98. The van der Waals surface area contributed by atoms with E-state index >= 15 is 0 Å². The molecule has 0 atom stereocenters. The van der Waals surface area contributed by atoms with Gasteiger partial charge in [-0.25, -0.2) is 4.68 Å². The summed E-state index contributed by atoms with van der Waals surface area (Å²) in [7, 11) is 0. The molecule has 0 amide bonds. The smallest absolute Gasteiger partial charge is 0.272 e. The van der Waals surface area contributed by atoms with Gasteiger partial charge in [-0.1, -0.05) is 23.2 Å². The molecule has 27 heavy (non-hydrogen) atoms. The first-order valence-corrected chi connectivity index (χ1v) is 8.45. The van der Waals surface area contributed by atoms with E-state index in [2.05, 4.69) is 5.10 Å². The Morgan fingerprint density at radius 1 is 1.15 bits per heavy atom. The van der Waals surface area contributed by atoms with Gasteiger partial charge in [0.2, 0.25) is 0 Å². The minimum atomic E-state index is -0.580. The molecule has 0 aliphatic heterocycles. The zero-order valence-corrected chi connectivity index (χ0v) is 15.0. The summed E-state index contributed by atoms with van der Waals surface area (Å²) in [5, 5.41) is 15.4. The van der Waals surface area contributed by atoms with Crippen molar-refractivity contribution in [1.82, 2.24) is 14.3 Å². The Labute approximate surface area is 161 Å². The van der Waals surface area contributed by atoms with E-state index in [4.69, 9.17) is 27.6 Å². The van der Waals surface area contributed by atoms with Gasteiger partial charge in [0.1, 0.15) is 11.4 Å². The first kappa shape index (κ1) is 17.3. The number of pyridine rings is 1. The SMILES string of the molecule is O=c1ccc2c(cnn2-c2c(Cl)cc([N+](=O)[O-])cc2Cl)n1Cc1ccco1. The maximum absolute atomic E-state index is 12.3. The molecule has 3 aromatic heterocycles. The van der Waals surface area contributed by atoms with Crippen LogP contribution in [0.3, 0.4) is 0 Å². The second kappa shape index (κ2) is 6.57. The van der Waals surface area contributed by atoms with E-state index in [1.807, 2.05) is 0 Å². The van der Waals surface area contributed by atoms with E-state index in [0.29, 0.717) is 22.5 Å². The molecular formula is C17H10Cl2N4O4. The first-order valence-electron chi connectivity index (χ1n) is 7.69. The van der Waals surface area contributed by atoms with E-state index in [1.165, 1.54) is 39.9 Å². The van der Waals surface area contributed by atoms with E-state index in [0.717, 1.165) is 0 Å². The van der Waals surface area contributed by atoms with Crippen molar-refractivity contribution in [1.29, 1.82) is 0 Å². The number of hydrogen-bond acceptors (Lipinski definition) is 5. The lowest BCUT2D eigenvalue weighted by molar-refractivity contribution is -0.384. The Morgan fingerprint density at radius 2 is 1.89 bits per heavy atom. The van der Waals surface area contributed by atoms with Crippen molar-refractivity contribution in [2.45, 2.75) is 6.54 Å². The van der Waals surface area contributed by atoms with Crippen molar-refractivity contribution in [2.24, 2.45) is 0 Å². The van der Waals surface area contributed by atoms with Crippen LogP contribution in [-0.4, -0.2) is 19.3 Å². The van der Waals surface area contributed by atoms with Crippen molar-refractivity contribution >= 4 is 39.9 Å². The fourth-order valence-corrected chi connectivity index (χ4v) is 3.47. The first-order chi connectivity index (χ1) is 13.0. The van der Waals surface area contributed by atoms with E-state index < -0.39 is 4.92 Å². The van der Waals surface area contributed by atoms with Gasteiger partial charge in [0.05, 0.1) is 45.0 Å². The number of halogens is 2. The average molecular weight is 405 g/mol. The lowest BCUT2D eigenvalue weighted by Crippen LogP contribution is -2.19. The lowest BCUT2D eigenvalue weighted by Gasteiger charge is -2.10. The molecule has 10 heteroatoms. The summed E-state index contributed by atoms with van der Waals surface area (Å²) < 4.78 is 8.26. The molecule has 0 fully saturated rings. The van der Waals surface area contributed by atoms with Gasteiger partial charge in [-0.15, -0.1) is 0 Å². The molecule has 0 saturated heterocycles. The highest BCUT2D eigenvalue weighted by Crippen LogP contribution is 2.34. The van der Waals surface area contributed by atoms with Crippen LogP contribution in [0.1, 0.15) is 5.76 Å². The summed E-state index contributed by atoms with van der Waals surface area (Å²) >= 11 is 12.4.